The molecule has 122 valence electrons. The fraction of sp³-hybridized carbons (Fsp3) is 0.818. The molecule has 5 atom stereocenters. The molecule has 2 N–H and O–H groups in total. The fourth-order valence-corrected chi connectivity index (χ4v) is 2.75. The van der Waals surface area contributed by atoms with Gasteiger partial charge in [0, 0.05) is 18.2 Å². The van der Waals surface area contributed by atoms with Crippen molar-refractivity contribution >= 4 is 23.6 Å². The van der Waals surface area contributed by atoms with E-state index in [2.05, 4.69) is 11.4 Å². The summed E-state index contributed by atoms with van der Waals surface area (Å²) in [4.78, 5) is 1.54. The number of hydrogen-bond donors (Lipinski definition) is 2. The van der Waals surface area contributed by atoms with Gasteiger partial charge in [0.25, 0.3) is 0 Å². The van der Waals surface area contributed by atoms with Gasteiger partial charge in [-0.25, -0.2) is 14.0 Å². The second-order valence-corrected chi connectivity index (χ2v) is 5.84. The van der Waals surface area contributed by atoms with E-state index in [-0.39, 0.29) is 6.42 Å². The summed E-state index contributed by atoms with van der Waals surface area (Å²) in [6.45, 7) is 3.30. The number of hydrogen-bond acceptors (Lipinski definition) is 4. The van der Waals surface area contributed by atoms with Crippen LogP contribution < -0.4 is 4.67 Å². The van der Waals surface area contributed by atoms with Crippen LogP contribution in [0.5, 0.6) is 0 Å². The average Bonchev–Trinajstić information content (AvgIpc) is 2.37. The molecule has 21 heavy (non-hydrogen) atoms. The Kier molecular flexibility index (Phi) is 6.06. The second-order valence-electron chi connectivity index (χ2n) is 4.71. The van der Waals surface area contributed by atoms with Crippen LogP contribution in [0.3, 0.4) is 0 Å². The number of ether oxygens (including phenoxy) is 1. The highest BCUT2D eigenvalue weighted by molar-refractivity contribution is 8.14. The monoisotopic (exact) mass is 333 g/mol. The molecule has 5 nitrogen and oxygen atoms in total. The van der Waals surface area contributed by atoms with Crippen molar-refractivity contribution in [1.82, 2.24) is 9.57 Å². The van der Waals surface area contributed by atoms with E-state index in [0.29, 0.717) is 5.17 Å². The minimum Gasteiger partial charge on any atom is -0.387 e. The summed E-state index contributed by atoms with van der Waals surface area (Å²) in [6.07, 6.45) is -14.4. The summed E-state index contributed by atoms with van der Waals surface area (Å²) in [7, 11) is 3.26. The van der Waals surface area contributed by atoms with E-state index in [1.165, 1.54) is 4.90 Å². The molecule has 0 bridgehead atoms. The molecule has 1 aliphatic heterocycles. The van der Waals surface area contributed by atoms with Gasteiger partial charge in [0.05, 0.1) is 14.1 Å². The average molecular weight is 333 g/mol. The second kappa shape index (κ2) is 6.97. The molecule has 1 rings (SSSR count). The molecule has 1 saturated heterocycles. The SMILES string of the molecule is C=[N+]=C(SC1CC(F)C(O)C(C(O)C(F)(F)F)O1)N(C)C. The first-order valence-corrected chi connectivity index (χ1v) is 6.86. The van der Waals surface area contributed by atoms with Crippen molar-refractivity contribution in [2.24, 2.45) is 0 Å². The van der Waals surface area contributed by atoms with Gasteiger partial charge in [0.15, 0.2) is 12.8 Å². The number of aliphatic hydroxyl groups is 2. The summed E-state index contributed by atoms with van der Waals surface area (Å²) >= 11 is 0.873. The number of aliphatic hydroxyl groups excluding tert-OH is 2. The van der Waals surface area contributed by atoms with Gasteiger partial charge >= 0.3 is 11.3 Å². The van der Waals surface area contributed by atoms with Crippen LogP contribution in [0.25, 0.3) is 0 Å². The summed E-state index contributed by atoms with van der Waals surface area (Å²) in [5.74, 6) is 0. The summed E-state index contributed by atoms with van der Waals surface area (Å²) in [5.41, 5.74) is -1.02. The molecule has 5 unspecified atom stereocenters. The summed E-state index contributed by atoms with van der Waals surface area (Å²) < 4.78 is 59.9. The number of alkyl halides is 4. The molecule has 0 amide bonds. The lowest BCUT2D eigenvalue weighted by atomic mass is 9.99. The molecule has 0 saturated carbocycles. The zero-order valence-electron chi connectivity index (χ0n) is 11.4. The first-order valence-electron chi connectivity index (χ1n) is 5.98. The van der Waals surface area contributed by atoms with Gasteiger partial charge in [-0.05, 0) is 0 Å². The van der Waals surface area contributed by atoms with Crippen LogP contribution in [-0.4, -0.2) is 77.2 Å². The van der Waals surface area contributed by atoms with Crippen LogP contribution in [0.1, 0.15) is 6.42 Å². The van der Waals surface area contributed by atoms with Crippen molar-refractivity contribution in [3.8, 4) is 0 Å². The van der Waals surface area contributed by atoms with Crippen molar-refractivity contribution in [2.75, 3.05) is 14.1 Å². The third kappa shape index (κ3) is 4.58. The molecule has 0 aliphatic carbocycles. The van der Waals surface area contributed by atoms with Crippen LogP contribution >= 0.6 is 11.8 Å². The molecule has 0 radical (unpaired) electrons. The number of thioether (sulfide) groups is 1. The Bertz CT molecular complexity index is 415. The Labute approximate surface area is 123 Å². The summed E-state index contributed by atoms with van der Waals surface area (Å²) in [5, 5.41) is 19.0. The zero-order valence-corrected chi connectivity index (χ0v) is 12.2. The van der Waals surface area contributed by atoms with Crippen molar-refractivity contribution < 1.29 is 32.5 Å². The van der Waals surface area contributed by atoms with E-state index in [0.717, 1.165) is 11.8 Å². The Morgan fingerprint density at radius 2 is 2.05 bits per heavy atom. The van der Waals surface area contributed by atoms with E-state index < -0.39 is 36.1 Å². The van der Waals surface area contributed by atoms with Crippen LogP contribution in [0, 0.1) is 0 Å². The summed E-state index contributed by atoms with van der Waals surface area (Å²) in [6, 6.07) is 0. The number of amidine groups is 1. The maximum Gasteiger partial charge on any atom is 0.417 e. The Balaban J connectivity index is 2.85. The largest absolute Gasteiger partial charge is 0.417 e. The molecule has 0 aromatic heterocycles. The maximum absolute atomic E-state index is 13.7. The lowest BCUT2D eigenvalue weighted by molar-refractivity contribution is -0.265. The highest BCUT2D eigenvalue weighted by atomic mass is 32.2. The molecular weight excluding hydrogens is 316 g/mol. The van der Waals surface area contributed by atoms with E-state index in [9.17, 15) is 27.8 Å². The molecule has 1 aliphatic rings. The van der Waals surface area contributed by atoms with E-state index >= 15 is 0 Å². The van der Waals surface area contributed by atoms with Gasteiger partial charge in [-0.1, -0.05) is 0 Å². The smallest absolute Gasteiger partial charge is 0.387 e. The van der Waals surface area contributed by atoms with E-state index in [1.807, 2.05) is 0 Å². The molecule has 0 spiro atoms. The Hall–Kier alpha value is -0.800. The highest BCUT2D eigenvalue weighted by Gasteiger charge is 2.52. The normalized spacial score (nSPS) is 31.4. The first kappa shape index (κ1) is 18.2. The number of nitrogens with zero attached hydrogens (tertiary/aromatic N) is 2. The molecule has 0 aromatic rings. The quantitative estimate of drug-likeness (QED) is 0.326. The number of halogens is 4. The van der Waals surface area contributed by atoms with Crippen molar-refractivity contribution in [3.63, 3.8) is 0 Å². The van der Waals surface area contributed by atoms with Crippen LogP contribution in [0.2, 0.25) is 0 Å². The van der Waals surface area contributed by atoms with Crippen molar-refractivity contribution in [1.29, 1.82) is 0 Å². The van der Waals surface area contributed by atoms with Crippen molar-refractivity contribution in [2.45, 2.75) is 42.5 Å². The van der Waals surface area contributed by atoms with Gasteiger partial charge in [-0.3, -0.25) is 0 Å². The Morgan fingerprint density at radius 1 is 1.48 bits per heavy atom. The minimum absolute atomic E-state index is 0.320. The van der Waals surface area contributed by atoms with Gasteiger partial charge in [-0.2, -0.15) is 13.2 Å². The predicted octanol–water partition coefficient (Wildman–Crippen LogP) is 0.142. The van der Waals surface area contributed by atoms with E-state index in [4.69, 9.17) is 4.74 Å². The predicted molar refractivity (Wildman–Crippen MR) is 71.8 cm³/mol. The molecule has 10 heteroatoms. The van der Waals surface area contributed by atoms with Gasteiger partial charge in [-0.15, -0.1) is 0 Å². The van der Waals surface area contributed by atoms with E-state index in [1.54, 1.807) is 14.1 Å². The standard InChI is InChI=1S/C11H17F4N2O3S/c1-16-10(17(2)3)21-6-4-5(12)7(18)8(20-6)9(19)11(13,14)15/h5-9,18-19H,1,4H2,2-3H3/q+1. The minimum atomic E-state index is -5.01. The van der Waals surface area contributed by atoms with Gasteiger partial charge < -0.3 is 14.9 Å². The van der Waals surface area contributed by atoms with Crippen LogP contribution in [0.15, 0.2) is 0 Å². The molecular formula is C11H17F4N2O3S+. The highest BCUT2D eigenvalue weighted by Crippen LogP contribution is 2.35. The van der Waals surface area contributed by atoms with Crippen LogP contribution in [0.4, 0.5) is 17.6 Å². The zero-order chi connectivity index (χ0) is 16.4. The number of rotatable bonds is 2. The third-order valence-corrected chi connectivity index (χ3v) is 4.11. The van der Waals surface area contributed by atoms with Crippen molar-refractivity contribution in [3.05, 3.63) is 0 Å². The lowest BCUT2D eigenvalue weighted by Crippen LogP contribution is -2.55. The molecule has 0 aromatic carbocycles. The van der Waals surface area contributed by atoms with Crippen LogP contribution in [-0.2, 0) is 4.74 Å². The lowest BCUT2D eigenvalue weighted by Gasteiger charge is -2.37. The fourth-order valence-electron chi connectivity index (χ4n) is 1.77. The first-order chi connectivity index (χ1) is 9.57. The third-order valence-electron chi connectivity index (χ3n) is 2.83. The van der Waals surface area contributed by atoms with Gasteiger partial charge in [0.1, 0.15) is 23.8 Å². The maximum atomic E-state index is 13.7. The topological polar surface area (TPSA) is 67.0 Å². The van der Waals surface area contributed by atoms with Gasteiger partial charge in [0.2, 0.25) is 0 Å². The Morgan fingerprint density at radius 3 is 2.48 bits per heavy atom. The molecule has 1 fully saturated rings. The molecule has 1 heterocycles.